The second-order valence-corrected chi connectivity index (χ2v) is 5.52. The van der Waals surface area contributed by atoms with Crippen LogP contribution in [0.5, 0.6) is 0 Å². The van der Waals surface area contributed by atoms with Gasteiger partial charge in [0, 0.05) is 6.08 Å². The molecule has 0 aliphatic carbocycles. The molecular formula is C19H20O5. The number of benzene rings is 1. The molecule has 1 aromatic carbocycles. The Bertz CT molecular complexity index is 722. The van der Waals surface area contributed by atoms with Gasteiger partial charge in [-0.1, -0.05) is 38.1 Å². The van der Waals surface area contributed by atoms with Gasteiger partial charge >= 0.3 is 11.9 Å². The average Bonchev–Trinajstić information content (AvgIpc) is 3.06. The Morgan fingerprint density at radius 2 is 1.83 bits per heavy atom. The number of rotatable bonds is 6. The van der Waals surface area contributed by atoms with Crippen LogP contribution in [-0.2, 0) is 20.9 Å². The summed E-state index contributed by atoms with van der Waals surface area (Å²) in [6, 6.07) is 11.0. The van der Waals surface area contributed by atoms with Crippen LogP contribution in [0.15, 0.2) is 46.9 Å². The summed E-state index contributed by atoms with van der Waals surface area (Å²) in [5, 5.41) is 0. The van der Waals surface area contributed by atoms with Crippen molar-refractivity contribution in [2.75, 3.05) is 7.11 Å². The Morgan fingerprint density at radius 3 is 2.46 bits per heavy atom. The first-order valence-electron chi connectivity index (χ1n) is 7.61. The molecule has 0 aliphatic heterocycles. The SMILES string of the molecule is COC(=O)c1ccc(COC(=O)/C=C/c2ccc(C(C)C)cc2)o1. The molecule has 0 amide bonds. The lowest BCUT2D eigenvalue weighted by Crippen LogP contribution is -2.01. The van der Waals surface area contributed by atoms with Crippen molar-refractivity contribution in [3.8, 4) is 0 Å². The van der Waals surface area contributed by atoms with Gasteiger partial charge in [-0.05, 0) is 35.3 Å². The van der Waals surface area contributed by atoms with E-state index in [4.69, 9.17) is 9.15 Å². The normalized spacial score (nSPS) is 11.0. The number of carbonyl (C=O) groups excluding carboxylic acids is 2. The van der Waals surface area contributed by atoms with Crippen LogP contribution in [0.25, 0.3) is 6.08 Å². The summed E-state index contributed by atoms with van der Waals surface area (Å²) in [5.41, 5.74) is 2.16. The zero-order valence-electron chi connectivity index (χ0n) is 13.9. The summed E-state index contributed by atoms with van der Waals surface area (Å²) in [6.45, 7) is 4.21. The first-order chi connectivity index (χ1) is 11.5. The molecule has 0 atom stereocenters. The third-order valence-electron chi connectivity index (χ3n) is 3.42. The fraction of sp³-hybridized carbons (Fsp3) is 0.263. The van der Waals surface area contributed by atoms with Crippen LogP contribution in [0.1, 0.15) is 47.2 Å². The fourth-order valence-corrected chi connectivity index (χ4v) is 2.01. The largest absolute Gasteiger partial charge is 0.463 e. The molecule has 0 saturated heterocycles. The van der Waals surface area contributed by atoms with Crippen molar-refractivity contribution in [2.24, 2.45) is 0 Å². The molecule has 24 heavy (non-hydrogen) atoms. The fourth-order valence-electron chi connectivity index (χ4n) is 2.01. The highest BCUT2D eigenvalue weighted by atomic mass is 16.5. The van der Waals surface area contributed by atoms with Crippen molar-refractivity contribution < 1.29 is 23.5 Å². The standard InChI is InChI=1S/C19H20O5/c1-13(2)15-7-4-14(5-8-15)6-11-18(20)23-12-16-9-10-17(24-16)19(21)22-3/h4-11,13H,12H2,1-3H3/b11-6+. The Balaban J connectivity index is 1.86. The highest BCUT2D eigenvalue weighted by molar-refractivity contribution is 5.87. The molecule has 0 unspecified atom stereocenters. The van der Waals surface area contributed by atoms with Crippen LogP contribution in [0.3, 0.4) is 0 Å². The van der Waals surface area contributed by atoms with E-state index >= 15 is 0 Å². The molecule has 0 aliphatic rings. The van der Waals surface area contributed by atoms with E-state index in [9.17, 15) is 9.59 Å². The lowest BCUT2D eigenvalue weighted by Gasteiger charge is -2.04. The van der Waals surface area contributed by atoms with Gasteiger partial charge in [0.2, 0.25) is 5.76 Å². The molecule has 0 saturated carbocycles. The summed E-state index contributed by atoms with van der Waals surface area (Å²) >= 11 is 0. The van der Waals surface area contributed by atoms with E-state index < -0.39 is 11.9 Å². The zero-order valence-corrected chi connectivity index (χ0v) is 13.9. The maximum atomic E-state index is 11.7. The average molecular weight is 328 g/mol. The number of hydrogen-bond donors (Lipinski definition) is 0. The van der Waals surface area contributed by atoms with Crippen molar-refractivity contribution >= 4 is 18.0 Å². The van der Waals surface area contributed by atoms with Gasteiger partial charge < -0.3 is 13.9 Å². The number of ether oxygens (including phenoxy) is 2. The zero-order chi connectivity index (χ0) is 17.5. The second kappa shape index (κ2) is 8.15. The molecular weight excluding hydrogens is 308 g/mol. The van der Waals surface area contributed by atoms with Crippen molar-refractivity contribution in [3.63, 3.8) is 0 Å². The minimum Gasteiger partial charge on any atom is -0.463 e. The molecule has 0 bridgehead atoms. The second-order valence-electron chi connectivity index (χ2n) is 5.52. The van der Waals surface area contributed by atoms with Gasteiger partial charge in [-0.3, -0.25) is 0 Å². The van der Waals surface area contributed by atoms with Crippen LogP contribution in [0.2, 0.25) is 0 Å². The summed E-state index contributed by atoms with van der Waals surface area (Å²) in [5.74, 6) is -0.143. The molecule has 0 fully saturated rings. The van der Waals surface area contributed by atoms with E-state index in [-0.39, 0.29) is 12.4 Å². The monoisotopic (exact) mass is 328 g/mol. The van der Waals surface area contributed by atoms with Crippen molar-refractivity contribution in [2.45, 2.75) is 26.4 Å². The first kappa shape index (κ1) is 17.5. The Kier molecular flexibility index (Phi) is 5.95. The molecule has 0 N–H and O–H groups in total. The quantitative estimate of drug-likeness (QED) is 0.593. The topological polar surface area (TPSA) is 65.7 Å². The summed E-state index contributed by atoms with van der Waals surface area (Å²) in [4.78, 5) is 23.0. The van der Waals surface area contributed by atoms with Crippen molar-refractivity contribution in [1.29, 1.82) is 0 Å². The molecule has 2 aromatic rings. The van der Waals surface area contributed by atoms with E-state index in [1.165, 1.54) is 24.8 Å². The van der Waals surface area contributed by atoms with E-state index in [0.29, 0.717) is 11.7 Å². The molecule has 1 aromatic heterocycles. The molecule has 126 valence electrons. The maximum Gasteiger partial charge on any atom is 0.373 e. The van der Waals surface area contributed by atoms with Crippen molar-refractivity contribution in [3.05, 3.63) is 65.1 Å². The van der Waals surface area contributed by atoms with Gasteiger partial charge in [0.15, 0.2) is 0 Å². The highest BCUT2D eigenvalue weighted by Crippen LogP contribution is 2.15. The smallest absolute Gasteiger partial charge is 0.373 e. The minimum absolute atomic E-state index is 0.0492. The number of esters is 2. The lowest BCUT2D eigenvalue weighted by atomic mass is 10.0. The van der Waals surface area contributed by atoms with Gasteiger partial charge in [-0.25, -0.2) is 9.59 Å². The first-order valence-corrected chi connectivity index (χ1v) is 7.61. The number of furan rings is 1. The van der Waals surface area contributed by atoms with E-state index in [0.717, 1.165) is 5.56 Å². The Morgan fingerprint density at radius 1 is 1.12 bits per heavy atom. The van der Waals surface area contributed by atoms with Crippen LogP contribution in [0.4, 0.5) is 0 Å². The third-order valence-corrected chi connectivity index (χ3v) is 3.42. The van der Waals surface area contributed by atoms with Gasteiger partial charge in [0.1, 0.15) is 12.4 Å². The molecule has 5 nitrogen and oxygen atoms in total. The third kappa shape index (κ3) is 4.84. The molecule has 1 heterocycles. The van der Waals surface area contributed by atoms with Crippen LogP contribution in [-0.4, -0.2) is 19.0 Å². The summed E-state index contributed by atoms with van der Waals surface area (Å²) in [6.07, 6.45) is 3.04. The van der Waals surface area contributed by atoms with Crippen LogP contribution in [0, 0.1) is 0 Å². The van der Waals surface area contributed by atoms with E-state index in [1.807, 2.05) is 24.3 Å². The molecule has 5 heteroatoms. The summed E-state index contributed by atoms with van der Waals surface area (Å²) < 4.78 is 14.8. The van der Waals surface area contributed by atoms with E-state index in [2.05, 4.69) is 18.6 Å². The summed E-state index contributed by atoms with van der Waals surface area (Å²) in [7, 11) is 1.27. The lowest BCUT2D eigenvalue weighted by molar-refractivity contribution is -0.139. The highest BCUT2D eigenvalue weighted by Gasteiger charge is 2.11. The number of hydrogen-bond acceptors (Lipinski definition) is 5. The van der Waals surface area contributed by atoms with Gasteiger partial charge in [-0.2, -0.15) is 0 Å². The van der Waals surface area contributed by atoms with Crippen LogP contribution >= 0.6 is 0 Å². The van der Waals surface area contributed by atoms with Gasteiger partial charge in [0.25, 0.3) is 0 Å². The number of carbonyl (C=O) groups is 2. The predicted molar refractivity (Wildman–Crippen MR) is 89.4 cm³/mol. The predicted octanol–water partition coefficient (Wildman–Crippen LogP) is 3.95. The Labute approximate surface area is 140 Å². The molecule has 2 rings (SSSR count). The molecule has 0 spiro atoms. The van der Waals surface area contributed by atoms with Crippen LogP contribution < -0.4 is 0 Å². The number of methoxy groups -OCH3 is 1. The van der Waals surface area contributed by atoms with Gasteiger partial charge in [0.05, 0.1) is 7.11 Å². The Hall–Kier alpha value is -2.82. The minimum atomic E-state index is -0.572. The molecule has 0 radical (unpaired) electrons. The van der Waals surface area contributed by atoms with Gasteiger partial charge in [-0.15, -0.1) is 0 Å². The maximum absolute atomic E-state index is 11.7. The van der Waals surface area contributed by atoms with Crippen molar-refractivity contribution in [1.82, 2.24) is 0 Å². The van der Waals surface area contributed by atoms with E-state index in [1.54, 1.807) is 12.1 Å².